The largest absolute Gasteiger partial charge is 0.394 e. The summed E-state index contributed by atoms with van der Waals surface area (Å²) in [6.07, 6.45) is 1.77. The maximum Gasteiger partial charge on any atom is 0.351 e. The van der Waals surface area contributed by atoms with E-state index in [1.165, 1.54) is 4.57 Å². The second kappa shape index (κ2) is 4.46. The third-order valence-electron chi connectivity index (χ3n) is 3.20. The number of ether oxygens (including phenoxy) is 1. The van der Waals surface area contributed by atoms with Gasteiger partial charge in [0, 0.05) is 11.8 Å². The second-order valence-corrected chi connectivity index (χ2v) is 4.52. The van der Waals surface area contributed by atoms with Gasteiger partial charge in [-0.25, -0.2) is 4.79 Å². The van der Waals surface area contributed by atoms with E-state index in [1.54, 1.807) is 13.1 Å². The average Bonchev–Trinajstić information content (AvgIpc) is 2.65. The molecule has 1 aliphatic rings. The number of rotatable bonds is 2. The van der Waals surface area contributed by atoms with Gasteiger partial charge in [0.05, 0.1) is 12.7 Å². The lowest BCUT2D eigenvalue weighted by Gasteiger charge is -2.15. The summed E-state index contributed by atoms with van der Waals surface area (Å²) in [6, 6.07) is 0. The van der Waals surface area contributed by atoms with Crippen molar-refractivity contribution in [2.75, 3.05) is 12.3 Å². The summed E-state index contributed by atoms with van der Waals surface area (Å²) in [5.74, 6) is 0.464. The third kappa shape index (κ3) is 2.18. The fourth-order valence-corrected chi connectivity index (χ4v) is 2.05. The minimum atomic E-state index is -0.413. The number of nitrogens with zero attached hydrogens (tertiary/aromatic N) is 2. The third-order valence-corrected chi connectivity index (χ3v) is 3.20. The van der Waals surface area contributed by atoms with Crippen molar-refractivity contribution in [3.63, 3.8) is 0 Å². The molecule has 0 bridgehead atoms. The molecule has 1 aromatic rings. The van der Waals surface area contributed by atoms with Gasteiger partial charge in [-0.1, -0.05) is 6.92 Å². The molecule has 0 aliphatic carbocycles. The Hall–Kier alpha value is -1.40. The van der Waals surface area contributed by atoms with Crippen molar-refractivity contribution in [3.8, 4) is 0 Å². The highest BCUT2D eigenvalue weighted by atomic mass is 16.5. The number of nitrogens with two attached hydrogens (primary N) is 1. The van der Waals surface area contributed by atoms with Crippen molar-refractivity contribution in [2.45, 2.75) is 32.6 Å². The van der Waals surface area contributed by atoms with Gasteiger partial charge in [-0.05, 0) is 19.3 Å². The predicted molar refractivity (Wildman–Crippen MR) is 62.4 cm³/mol. The van der Waals surface area contributed by atoms with Crippen LogP contribution in [0.2, 0.25) is 0 Å². The lowest BCUT2D eigenvalue weighted by molar-refractivity contribution is -0.0313. The molecule has 0 amide bonds. The smallest absolute Gasteiger partial charge is 0.351 e. The quantitative estimate of drug-likeness (QED) is 0.761. The highest BCUT2D eigenvalue weighted by molar-refractivity contribution is 5.35. The fraction of sp³-hybridized carbons (Fsp3) is 0.636. The monoisotopic (exact) mass is 239 g/mol. The molecule has 1 fully saturated rings. The van der Waals surface area contributed by atoms with E-state index in [9.17, 15) is 4.79 Å². The molecular formula is C11H17N3O3. The number of aliphatic hydroxyl groups excluding tert-OH is 1. The number of aryl methyl sites for hydroxylation is 1. The van der Waals surface area contributed by atoms with E-state index >= 15 is 0 Å². The van der Waals surface area contributed by atoms with Crippen molar-refractivity contribution < 1.29 is 9.84 Å². The molecule has 0 saturated carbocycles. The Balaban J connectivity index is 2.30. The molecule has 6 heteroatoms. The van der Waals surface area contributed by atoms with Gasteiger partial charge in [0.2, 0.25) is 0 Å². The number of nitrogen functional groups attached to an aromatic ring is 1. The van der Waals surface area contributed by atoms with Crippen LogP contribution < -0.4 is 11.4 Å². The first-order chi connectivity index (χ1) is 8.02. The summed E-state index contributed by atoms with van der Waals surface area (Å²) in [5, 5.41) is 9.12. The molecule has 17 heavy (non-hydrogen) atoms. The van der Waals surface area contributed by atoms with Crippen molar-refractivity contribution >= 4 is 5.82 Å². The highest BCUT2D eigenvalue weighted by Gasteiger charge is 2.33. The lowest BCUT2D eigenvalue weighted by atomic mass is 10.0. The average molecular weight is 239 g/mol. The van der Waals surface area contributed by atoms with Crippen LogP contribution in [0.25, 0.3) is 0 Å². The Morgan fingerprint density at radius 3 is 3.00 bits per heavy atom. The summed E-state index contributed by atoms with van der Waals surface area (Å²) < 4.78 is 7.06. The van der Waals surface area contributed by atoms with E-state index in [4.69, 9.17) is 15.6 Å². The lowest BCUT2D eigenvalue weighted by Crippen LogP contribution is -2.28. The van der Waals surface area contributed by atoms with Gasteiger partial charge in [-0.15, -0.1) is 0 Å². The van der Waals surface area contributed by atoms with E-state index in [-0.39, 0.29) is 30.7 Å². The Labute approximate surface area is 99.0 Å². The zero-order valence-electron chi connectivity index (χ0n) is 9.96. The minimum absolute atomic E-state index is 0.0339. The molecule has 0 spiro atoms. The van der Waals surface area contributed by atoms with Crippen LogP contribution in [0.15, 0.2) is 11.0 Å². The molecular weight excluding hydrogens is 222 g/mol. The zero-order valence-corrected chi connectivity index (χ0v) is 9.96. The molecule has 6 nitrogen and oxygen atoms in total. The molecule has 2 heterocycles. The van der Waals surface area contributed by atoms with Crippen molar-refractivity contribution in [2.24, 2.45) is 5.92 Å². The number of hydrogen-bond acceptors (Lipinski definition) is 5. The van der Waals surface area contributed by atoms with Gasteiger partial charge in [-0.2, -0.15) is 4.98 Å². The molecule has 1 aromatic heterocycles. The Morgan fingerprint density at radius 1 is 1.71 bits per heavy atom. The molecule has 3 unspecified atom stereocenters. The summed E-state index contributed by atoms with van der Waals surface area (Å²) >= 11 is 0. The van der Waals surface area contributed by atoms with Crippen LogP contribution in [0.4, 0.5) is 5.82 Å². The van der Waals surface area contributed by atoms with Crippen LogP contribution in [-0.4, -0.2) is 27.4 Å². The van der Waals surface area contributed by atoms with E-state index in [0.717, 1.165) is 5.56 Å². The van der Waals surface area contributed by atoms with Crippen LogP contribution in [0.1, 0.15) is 25.1 Å². The molecule has 3 N–H and O–H groups in total. The predicted octanol–water partition coefficient (Wildman–Crippen LogP) is 0.0498. The van der Waals surface area contributed by atoms with E-state index in [2.05, 4.69) is 4.98 Å². The van der Waals surface area contributed by atoms with Gasteiger partial charge in [0.15, 0.2) is 0 Å². The summed E-state index contributed by atoms with van der Waals surface area (Å²) in [5.41, 5.74) is 5.89. The van der Waals surface area contributed by atoms with Gasteiger partial charge < -0.3 is 15.6 Å². The number of hydrogen-bond donors (Lipinski definition) is 2. The highest BCUT2D eigenvalue weighted by Crippen LogP contribution is 2.32. The minimum Gasteiger partial charge on any atom is -0.394 e. The van der Waals surface area contributed by atoms with Gasteiger partial charge in [-0.3, -0.25) is 4.57 Å². The molecule has 94 valence electrons. The fourth-order valence-electron chi connectivity index (χ4n) is 2.05. The number of aliphatic hydroxyl groups is 1. The normalized spacial score (nSPS) is 28.5. The number of aromatic nitrogens is 2. The number of anilines is 1. The maximum absolute atomic E-state index is 11.7. The molecule has 1 aliphatic heterocycles. The first-order valence-electron chi connectivity index (χ1n) is 5.64. The van der Waals surface area contributed by atoms with E-state index in [0.29, 0.717) is 6.42 Å². The first kappa shape index (κ1) is 12.1. The summed E-state index contributed by atoms with van der Waals surface area (Å²) in [4.78, 5) is 15.4. The summed E-state index contributed by atoms with van der Waals surface area (Å²) in [6.45, 7) is 3.75. The van der Waals surface area contributed by atoms with Crippen LogP contribution >= 0.6 is 0 Å². The van der Waals surface area contributed by atoms with Gasteiger partial charge in [0.1, 0.15) is 12.0 Å². The first-order valence-corrected chi connectivity index (χ1v) is 5.64. The molecule has 0 aromatic carbocycles. The standard InChI is InChI=1S/C11H17N3O3/c1-6-3-9(17-8(6)5-15)14-4-7(2)10(12)13-11(14)16/h4,6,8-9,15H,3,5H2,1-2H3,(H2,12,13,16). The Bertz CT molecular complexity index is 472. The van der Waals surface area contributed by atoms with Gasteiger partial charge >= 0.3 is 5.69 Å². The molecule has 1 saturated heterocycles. The molecule has 2 rings (SSSR count). The second-order valence-electron chi connectivity index (χ2n) is 4.52. The van der Waals surface area contributed by atoms with E-state index in [1.807, 2.05) is 6.92 Å². The van der Waals surface area contributed by atoms with Crippen LogP contribution in [0.5, 0.6) is 0 Å². The van der Waals surface area contributed by atoms with E-state index < -0.39 is 5.69 Å². The van der Waals surface area contributed by atoms with Crippen LogP contribution in [0, 0.1) is 12.8 Å². The van der Waals surface area contributed by atoms with Crippen molar-refractivity contribution in [3.05, 3.63) is 22.2 Å². The van der Waals surface area contributed by atoms with Crippen molar-refractivity contribution in [1.29, 1.82) is 0 Å². The zero-order chi connectivity index (χ0) is 12.6. The molecule has 3 atom stereocenters. The Kier molecular flexibility index (Phi) is 3.17. The van der Waals surface area contributed by atoms with Crippen molar-refractivity contribution in [1.82, 2.24) is 9.55 Å². The van der Waals surface area contributed by atoms with Crippen LogP contribution in [0.3, 0.4) is 0 Å². The van der Waals surface area contributed by atoms with Crippen LogP contribution in [-0.2, 0) is 4.74 Å². The summed E-state index contributed by atoms with van der Waals surface area (Å²) in [7, 11) is 0. The SMILES string of the molecule is Cc1cn(C2CC(C)C(CO)O2)c(=O)nc1N. The Morgan fingerprint density at radius 2 is 2.41 bits per heavy atom. The van der Waals surface area contributed by atoms with Gasteiger partial charge in [0.25, 0.3) is 0 Å². The maximum atomic E-state index is 11.7. The topological polar surface area (TPSA) is 90.4 Å². The molecule has 0 radical (unpaired) electrons.